The summed E-state index contributed by atoms with van der Waals surface area (Å²) >= 11 is 0. The minimum Gasteiger partial charge on any atom is -0.341 e. The van der Waals surface area contributed by atoms with Crippen LogP contribution in [0.1, 0.15) is 43.2 Å². The van der Waals surface area contributed by atoms with Gasteiger partial charge in [-0.05, 0) is 50.2 Å². The van der Waals surface area contributed by atoms with Crippen molar-refractivity contribution in [3.05, 3.63) is 30.1 Å². The van der Waals surface area contributed by atoms with Gasteiger partial charge in [0.25, 0.3) is 5.91 Å². The molecule has 1 saturated carbocycles. The van der Waals surface area contributed by atoms with Crippen molar-refractivity contribution in [2.45, 2.75) is 38.6 Å². The number of hydrogen-bond donors (Lipinski definition) is 2. The zero-order valence-electron chi connectivity index (χ0n) is 13.8. The number of imidazole rings is 1. The minimum absolute atomic E-state index is 0.00467. The molecule has 6 nitrogen and oxygen atoms in total. The second-order valence-corrected chi connectivity index (χ2v) is 7.12. The highest BCUT2D eigenvalue weighted by atomic mass is 16.2. The van der Waals surface area contributed by atoms with Gasteiger partial charge in [-0.15, -0.1) is 0 Å². The number of likely N-dealkylation sites (tertiary alicyclic amines) is 1. The van der Waals surface area contributed by atoms with Crippen LogP contribution in [-0.4, -0.2) is 45.8 Å². The van der Waals surface area contributed by atoms with Crippen molar-refractivity contribution >= 4 is 22.8 Å². The van der Waals surface area contributed by atoms with E-state index in [1.54, 1.807) is 6.92 Å². The van der Waals surface area contributed by atoms with Crippen LogP contribution in [0.4, 0.5) is 0 Å². The van der Waals surface area contributed by atoms with Gasteiger partial charge >= 0.3 is 0 Å². The van der Waals surface area contributed by atoms with Gasteiger partial charge < -0.3 is 15.2 Å². The largest absolute Gasteiger partial charge is 0.341 e. The lowest BCUT2D eigenvalue weighted by molar-refractivity contribution is -0.134. The second-order valence-electron chi connectivity index (χ2n) is 7.12. The van der Waals surface area contributed by atoms with Crippen LogP contribution >= 0.6 is 0 Å². The number of aromatic amines is 1. The molecule has 1 aliphatic heterocycles. The Balaban J connectivity index is 1.38. The molecule has 1 atom stereocenters. The zero-order chi connectivity index (χ0) is 16.7. The average molecular weight is 326 g/mol. The molecule has 0 bridgehead atoms. The molecule has 4 rings (SSSR count). The van der Waals surface area contributed by atoms with Crippen molar-refractivity contribution in [3.63, 3.8) is 0 Å². The maximum atomic E-state index is 12.5. The van der Waals surface area contributed by atoms with Crippen LogP contribution in [-0.2, 0) is 4.79 Å². The number of nitrogens with zero attached hydrogens (tertiary/aromatic N) is 2. The van der Waals surface area contributed by atoms with Crippen LogP contribution in [0.25, 0.3) is 11.0 Å². The van der Waals surface area contributed by atoms with Crippen molar-refractivity contribution in [2.75, 3.05) is 13.1 Å². The predicted octanol–water partition coefficient (Wildman–Crippen LogP) is 2.08. The number of hydrogen-bond acceptors (Lipinski definition) is 3. The topological polar surface area (TPSA) is 78.1 Å². The molecule has 0 radical (unpaired) electrons. The minimum atomic E-state index is -0.543. The molecule has 24 heavy (non-hydrogen) atoms. The summed E-state index contributed by atoms with van der Waals surface area (Å²) in [5, 5.41) is 2.77. The van der Waals surface area contributed by atoms with E-state index in [0.29, 0.717) is 5.41 Å². The highest BCUT2D eigenvalue weighted by Gasteiger charge is 2.45. The molecular weight excluding hydrogens is 304 g/mol. The first-order valence-corrected chi connectivity index (χ1v) is 8.61. The van der Waals surface area contributed by atoms with Gasteiger partial charge in [0, 0.05) is 13.1 Å². The number of para-hydroxylation sites is 2. The molecule has 126 valence electrons. The molecule has 2 heterocycles. The predicted molar refractivity (Wildman–Crippen MR) is 90.5 cm³/mol. The molecule has 2 amide bonds. The summed E-state index contributed by atoms with van der Waals surface area (Å²) in [5.41, 5.74) is 2.09. The van der Waals surface area contributed by atoms with E-state index in [-0.39, 0.29) is 17.6 Å². The Hall–Kier alpha value is -2.37. The van der Waals surface area contributed by atoms with Crippen LogP contribution in [0.2, 0.25) is 0 Å². The fraction of sp³-hybridized carbons (Fsp3) is 0.500. The van der Waals surface area contributed by atoms with E-state index in [2.05, 4.69) is 15.3 Å². The molecule has 1 spiro atoms. The van der Waals surface area contributed by atoms with Crippen molar-refractivity contribution < 1.29 is 9.59 Å². The first kappa shape index (κ1) is 15.2. The van der Waals surface area contributed by atoms with Crippen LogP contribution in [0.3, 0.4) is 0 Å². The molecule has 1 aromatic heterocycles. The third-order valence-corrected chi connectivity index (χ3v) is 5.42. The van der Waals surface area contributed by atoms with Crippen molar-refractivity contribution in [3.8, 4) is 0 Å². The van der Waals surface area contributed by atoms with E-state index in [4.69, 9.17) is 0 Å². The van der Waals surface area contributed by atoms with Gasteiger partial charge in [0.15, 0.2) is 5.82 Å². The number of H-pyrrole nitrogens is 1. The molecule has 6 heteroatoms. The number of amides is 2. The second kappa shape index (κ2) is 5.61. The first-order chi connectivity index (χ1) is 11.6. The summed E-state index contributed by atoms with van der Waals surface area (Å²) in [6.07, 6.45) is 4.83. The average Bonchev–Trinajstić information content (AvgIpc) is 3.20. The molecule has 2 fully saturated rings. The van der Waals surface area contributed by atoms with Crippen LogP contribution in [0.15, 0.2) is 24.3 Å². The molecule has 1 aromatic carbocycles. The van der Waals surface area contributed by atoms with Crippen molar-refractivity contribution in [2.24, 2.45) is 5.41 Å². The maximum absolute atomic E-state index is 12.5. The number of piperidine rings is 1. The Labute approximate surface area is 140 Å². The van der Waals surface area contributed by atoms with Gasteiger partial charge in [0.2, 0.25) is 5.91 Å². The molecule has 2 aromatic rings. The van der Waals surface area contributed by atoms with Gasteiger partial charge in [-0.25, -0.2) is 4.98 Å². The highest BCUT2D eigenvalue weighted by Crippen LogP contribution is 2.53. The Bertz CT molecular complexity index is 750. The summed E-state index contributed by atoms with van der Waals surface area (Å²) in [7, 11) is 0. The van der Waals surface area contributed by atoms with Gasteiger partial charge in [0.1, 0.15) is 6.04 Å². The van der Waals surface area contributed by atoms with E-state index in [1.807, 2.05) is 29.2 Å². The van der Waals surface area contributed by atoms with Crippen LogP contribution in [0.5, 0.6) is 0 Å². The zero-order valence-corrected chi connectivity index (χ0v) is 13.8. The van der Waals surface area contributed by atoms with E-state index in [9.17, 15) is 9.59 Å². The summed E-state index contributed by atoms with van der Waals surface area (Å²) in [6, 6.07) is 6.93. The lowest BCUT2D eigenvalue weighted by Gasteiger charge is -2.33. The number of nitrogens with one attached hydrogen (secondary N) is 2. The quantitative estimate of drug-likeness (QED) is 0.906. The van der Waals surface area contributed by atoms with E-state index in [1.165, 1.54) is 12.8 Å². The number of carbonyl (C=O) groups is 2. The maximum Gasteiger partial charge on any atom is 0.287 e. The number of carbonyl (C=O) groups excluding carboxylic acids is 2. The lowest BCUT2D eigenvalue weighted by atomic mass is 9.93. The SMILES string of the molecule is C[C@H](NC(=O)c1nc2ccccc2[nH]1)C(=O)N1CCC2(CC1)CC2. The Morgan fingerprint density at radius 2 is 1.92 bits per heavy atom. The van der Waals surface area contributed by atoms with E-state index < -0.39 is 6.04 Å². The van der Waals surface area contributed by atoms with Gasteiger partial charge in [-0.2, -0.15) is 0 Å². The number of benzene rings is 1. The Kier molecular flexibility index (Phi) is 3.55. The number of fused-ring (bicyclic) bond motifs is 1. The summed E-state index contributed by atoms with van der Waals surface area (Å²) in [5.74, 6) is -0.107. The molecular formula is C18H22N4O2. The number of aromatic nitrogens is 2. The summed E-state index contributed by atoms with van der Waals surface area (Å²) < 4.78 is 0. The summed E-state index contributed by atoms with van der Waals surface area (Å²) in [6.45, 7) is 3.36. The van der Waals surface area contributed by atoms with Gasteiger partial charge in [-0.1, -0.05) is 12.1 Å². The van der Waals surface area contributed by atoms with Crippen LogP contribution in [0, 0.1) is 5.41 Å². The molecule has 1 saturated heterocycles. The Morgan fingerprint density at radius 3 is 2.58 bits per heavy atom. The molecule has 2 N–H and O–H groups in total. The highest BCUT2D eigenvalue weighted by molar-refractivity contribution is 5.97. The smallest absolute Gasteiger partial charge is 0.287 e. The van der Waals surface area contributed by atoms with E-state index in [0.717, 1.165) is 37.0 Å². The lowest BCUT2D eigenvalue weighted by Crippen LogP contribution is -2.49. The molecule has 2 aliphatic rings. The van der Waals surface area contributed by atoms with Gasteiger partial charge in [-0.3, -0.25) is 9.59 Å². The third kappa shape index (κ3) is 2.77. The normalized spacial score (nSPS) is 20.1. The Morgan fingerprint density at radius 1 is 1.21 bits per heavy atom. The number of rotatable bonds is 3. The monoisotopic (exact) mass is 326 g/mol. The van der Waals surface area contributed by atoms with Crippen molar-refractivity contribution in [1.82, 2.24) is 20.2 Å². The van der Waals surface area contributed by atoms with Crippen LogP contribution < -0.4 is 5.32 Å². The fourth-order valence-corrected chi connectivity index (χ4v) is 3.54. The fourth-order valence-electron chi connectivity index (χ4n) is 3.54. The third-order valence-electron chi connectivity index (χ3n) is 5.42. The molecule has 1 aliphatic carbocycles. The summed E-state index contributed by atoms with van der Waals surface area (Å²) in [4.78, 5) is 34.0. The first-order valence-electron chi connectivity index (χ1n) is 8.61. The standard InChI is InChI=1S/C18H22N4O2/c1-12(17(24)22-10-8-18(6-7-18)9-11-22)19-16(23)15-20-13-4-2-3-5-14(13)21-15/h2-5,12H,6-11H2,1H3,(H,19,23)(H,20,21)/t12-/m0/s1. The molecule has 0 unspecified atom stereocenters. The van der Waals surface area contributed by atoms with Crippen molar-refractivity contribution in [1.29, 1.82) is 0 Å². The van der Waals surface area contributed by atoms with E-state index >= 15 is 0 Å². The van der Waals surface area contributed by atoms with Gasteiger partial charge in [0.05, 0.1) is 11.0 Å².